The van der Waals surface area contributed by atoms with Crippen molar-refractivity contribution >= 4 is 17.8 Å². The minimum atomic E-state index is -0.541. The highest BCUT2D eigenvalue weighted by Crippen LogP contribution is 2.21. The maximum Gasteiger partial charge on any atom is 0.255 e. The summed E-state index contributed by atoms with van der Waals surface area (Å²) in [7, 11) is 0. The molecule has 1 fully saturated rings. The normalized spacial score (nSPS) is 17.7. The fraction of sp³-hybridized carbons (Fsp3) is 0.294. The molecule has 0 spiro atoms. The van der Waals surface area contributed by atoms with Crippen molar-refractivity contribution in [3.8, 4) is 11.3 Å². The van der Waals surface area contributed by atoms with E-state index in [0.29, 0.717) is 24.2 Å². The molecule has 124 valence electrons. The molecule has 7 nitrogen and oxygen atoms in total. The SMILES string of the molecule is Nc1ncc(C(=O)N[C@@H]2CCCCNC2=O)c(-c2ccccc2)n1. The summed E-state index contributed by atoms with van der Waals surface area (Å²) >= 11 is 0. The molecule has 0 aliphatic carbocycles. The molecule has 1 aromatic heterocycles. The highest BCUT2D eigenvalue weighted by atomic mass is 16.2. The van der Waals surface area contributed by atoms with Gasteiger partial charge in [-0.2, -0.15) is 0 Å². The minimum absolute atomic E-state index is 0.0950. The lowest BCUT2D eigenvalue weighted by Gasteiger charge is -2.16. The molecule has 24 heavy (non-hydrogen) atoms. The van der Waals surface area contributed by atoms with Gasteiger partial charge in [0.25, 0.3) is 5.91 Å². The average molecular weight is 325 g/mol. The number of nitrogens with zero attached hydrogens (tertiary/aromatic N) is 2. The number of carbonyl (C=O) groups excluding carboxylic acids is 2. The monoisotopic (exact) mass is 325 g/mol. The van der Waals surface area contributed by atoms with E-state index in [1.165, 1.54) is 6.20 Å². The van der Waals surface area contributed by atoms with Crippen LogP contribution < -0.4 is 16.4 Å². The van der Waals surface area contributed by atoms with Gasteiger partial charge in [0.1, 0.15) is 6.04 Å². The Morgan fingerprint density at radius 1 is 1.25 bits per heavy atom. The summed E-state index contributed by atoms with van der Waals surface area (Å²) in [5.41, 5.74) is 7.19. The van der Waals surface area contributed by atoms with Gasteiger partial charge in [0.2, 0.25) is 11.9 Å². The Bertz CT molecular complexity index is 748. The molecule has 2 heterocycles. The minimum Gasteiger partial charge on any atom is -0.368 e. The molecule has 0 saturated carbocycles. The number of amides is 2. The Morgan fingerprint density at radius 3 is 2.83 bits per heavy atom. The van der Waals surface area contributed by atoms with Crippen molar-refractivity contribution in [2.45, 2.75) is 25.3 Å². The molecule has 3 rings (SSSR count). The van der Waals surface area contributed by atoms with E-state index in [-0.39, 0.29) is 17.8 Å². The maximum absolute atomic E-state index is 12.7. The summed E-state index contributed by atoms with van der Waals surface area (Å²) < 4.78 is 0. The third-order valence-electron chi connectivity index (χ3n) is 3.94. The van der Waals surface area contributed by atoms with Crippen molar-refractivity contribution in [1.29, 1.82) is 0 Å². The molecule has 1 aromatic carbocycles. The van der Waals surface area contributed by atoms with Crippen LogP contribution in [0.5, 0.6) is 0 Å². The number of aromatic nitrogens is 2. The van der Waals surface area contributed by atoms with Crippen molar-refractivity contribution in [2.75, 3.05) is 12.3 Å². The van der Waals surface area contributed by atoms with E-state index in [0.717, 1.165) is 18.4 Å². The molecule has 0 unspecified atom stereocenters. The maximum atomic E-state index is 12.7. The van der Waals surface area contributed by atoms with Gasteiger partial charge >= 0.3 is 0 Å². The van der Waals surface area contributed by atoms with Crippen molar-refractivity contribution in [3.63, 3.8) is 0 Å². The zero-order chi connectivity index (χ0) is 16.9. The van der Waals surface area contributed by atoms with Crippen LogP contribution in [0.3, 0.4) is 0 Å². The molecule has 1 aliphatic rings. The van der Waals surface area contributed by atoms with Gasteiger partial charge in [-0.1, -0.05) is 30.3 Å². The first-order valence-corrected chi connectivity index (χ1v) is 7.91. The molecule has 1 aliphatic heterocycles. The van der Waals surface area contributed by atoms with E-state index in [1.807, 2.05) is 30.3 Å². The Kier molecular flexibility index (Phi) is 4.69. The second-order valence-corrected chi connectivity index (χ2v) is 5.67. The number of anilines is 1. The summed E-state index contributed by atoms with van der Waals surface area (Å²) in [6, 6.07) is 8.74. The van der Waals surface area contributed by atoms with E-state index in [2.05, 4.69) is 20.6 Å². The Morgan fingerprint density at radius 2 is 2.04 bits per heavy atom. The number of rotatable bonds is 3. The third-order valence-corrected chi connectivity index (χ3v) is 3.94. The van der Waals surface area contributed by atoms with Crippen LogP contribution in [0.2, 0.25) is 0 Å². The number of nitrogen functional groups attached to an aromatic ring is 1. The van der Waals surface area contributed by atoms with E-state index < -0.39 is 6.04 Å². The second-order valence-electron chi connectivity index (χ2n) is 5.67. The summed E-state index contributed by atoms with van der Waals surface area (Å²) in [5.74, 6) is -0.438. The molecular weight excluding hydrogens is 306 g/mol. The Labute approximate surface area is 139 Å². The fourth-order valence-electron chi connectivity index (χ4n) is 2.69. The standard InChI is InChI=1S/C17H19N5O2/c18-17-20-10-12(14(22-17)11-6-2-1-3-7-11)15(23)21-13-8-4-5-9-19-16(13)24/h1-3,6-7,10,13H,4-5,8-9H2,(H,19,24)(H,21,23)(H2,18,20,22)/t13-/m1/s1. The van der Waals surface area contributed by atoms with Crippen LogP contribution in [0.25, 0.3) is 11.3 Å². The first kappa shape index (κ1) is 15.9. The van der Waals surface area contributed by atoms with Crippen LogP contribution in [0.4, 0.5) is 5.95 Å². The zero-order valence-corrected chi connectivity index (χ0v) is 13.2. The number of nitrogens with one attached hydrogen (secondary N) is 2. The summed E-state index contributed by atoms with van der Waals surface area (Å²) in [4.78, 5) is 32.8. The Hall–Kier alpha value is -2.96. The number of hydrogen-bond donors (Lipinski definition) is 3. The van der Waals surface area contributed by atoms with Gasteiger partial charge in [-0.3, -0.25) is 9.59 Å². The van der Waals surface area contributed by atoms with Crippen LogP contribution >= 0.6 is 0 Å². The fourth-order valence-corrected chi connectivity index (χ4v) is 2.69. The number of carbonyl (C=O) groups is 2. The van der Waals surface area contributed by atoms with E-state index >= 15 is 0 Å². The van der Waals surface area contributed by atoms with Gasteiger partial charge < -0.3 is 16.4 Å². The second kappa shape index (κ2) is 7.08. The number of nitrogens with two attached hydrogens (primary N) is 1. The number of hydrogen-bond acceptors (Lipinski definition) is 5. The largest absolute Gasteiger partial charge is 0.368 e. The van der Waals surface area contributed by atoms with Crippen molar-refractivity contribution in [1.82, 2.24) is 20.6 Å². The van der Waals surface area contributed by atoms with Gasteiger partial charge in [-0.05, 0) is 19.3 Å². The molecule has 1 atom stereocenters. The van der Waals surface area contributed by atoms with E-state index in [4.69, 9.17) is 5.73 Å². The van der Waals surface area contributed by atoms with Crippen LogP contribution in [0, 0.1) is 0 Å². The average Bonchev–Trinajstić information content (AvgIpc) is 2.80. The van der Waals surface area contributed by atoms with Crippen LogP contribution in [-0.2, 0) is 4.79 Å². The van der Waals surface area contributed by atoms with Gasteiger partial charge in [-0.15, -0.1) is 0 Å². The predicted molar refractivity (Wildman–Crippen MR) is 90.0 cm³/mol. The van der Waals surface area contributed by atoms with Crippen molar-refractivity contribution < 1.29 is 9.59 Å². The predicted octanol–water partition coefficient (Wildman–Crippen LogP) is 1.12. The third kappa shape index (κ3) is 3.51. The topological polar surface area (TPSA) is 110 Å². The van der Waals surface area contributed by atoms with Gasteiger partial charge in [0.05, 0.1) is 11.3 Å². The smallest absolute Gasteiger partial charge is 0.255 e. The van der Waals surface area contributed by atoms with Gasteiger partial charge in [-0.25, -0.2) is 9.97 Å². The number of benzene rings is 1. The molecule has 2 amide bonds. The lowest BCUT2D eigenvalue weighted by Crippen LogP contribution is -2.45. The first-order valence-electron chi connectivity index (χ1n) is 7.91. The van der Waals surface area contributed by atoms with Crippen LogP contribution in [0.15, 0.2) is 36.5 Å². The summed E-state index contributed by atoms with van der Waals surface area (Å²) in [6.45, 7) is 0.644. The first-order chi connectivity index (χ1) is 11.6. The van der Waals surface area contributed by atoms with Gasteiger partial charge in [0, 0.05) is 18.3 Å². The molecule has 0 radical (unpaired) electrons. The molecule has 2 aromatic rings. The molecular formula is C17H19N5O2. The lowest BCUT2D eigenvalue weighted by atomic mass is 10.1. The van der Waals surface area contributed by atoms with Crippen LogP contribution in [-0.4, -0.2) is 34.4 Å². The lowest BCUT2D eigenvalue weighted by molar-refractivity contribution is -0.122. The molecule has 1 saturated heterocycles. The molecule has 0 bridgehead atoms. The van der Waals surface area contributed by atoms with Crippen molar-refractivity contribution in [2.24, 2.45) is 0 Å². The zero-order valence-electron chi connectivity index (χ0n) is 13.2. The summed E-state index contributed by atoms with van der Waals surface area (Å²) in [6.07, 6.45) is 3.81. The van der Waals surface area contributed by atoms with Gasteiger partial charge in [0.15, 0.2) is 0 Å². The quantitative estimate of drug-likeness (QED) is 0.783. The highest BCUT2D eigenvalue weighted by molar-refractivity contribution is 6.02. The molecule has 4 N–H and O–H groups in total. The highest BCUT2D eigenvalue weighted by Gasteiger charge is 2.24. The molecule has 7 heteroatoms. The van der Waals surface area contributed by atoms with Crippen molar-refractivity contribution in [3.05, 3.63) is 42.1 Å². The Balaban J connectivity index is 1.88. The van der Waals surface area contributed by atoms with Crippen LogP contribution in [0.1, 0.15) is 29.6 Å². The van der Waals surface area contributed by atoms with E-state index in [9.17, 15) is 9.59 Å². The van der Waals surface area contributed by atoms with E-state index in [1.54, 1.807) is 0 Å². The summed E-state index contributed by atoms with van der Waals surface area (Å²) in [5, 5.41) is 5.58.